The van der Waals surface area contributed by atoms with Crippen LogP contribution in [0.3, 0.4) is 0 Å². The van der Waals surface area contributed by atoms with Gasteiger partial charge in [-0.1, -0.05) is 23.8 Å². The number of hydrogen-bond acceptors (Lipinski definition) is 3. The van der Waals surface area contributed by atoms with Gasteiger partial charge in [-0.15, -0.1) is 11.8 Å². The lowest BCUT2D eigenvalue weighted by atomic mass is 10.1. The Morgan fingerprint density at radius 2 is 2.19 bits per heavy atom. The molecule has 1 aliphatic rings. The number of anilines is 1. The highest BCUT2D eigenvalue weighted by Crippen LogP contribution is 2.38. The number of nitrogens with zero attached hydrogens (tertiary/aromatic N) is 1. The molecule has 0 unspecified atom stereocenters. The van der Waals surface area contributed by atoms with Gasteiger partial charge in [-0.25, -0.2) is 0 Å². The molecule has 104 valence electrons. The van der Waals surface area contributed by atoms with Crippen molar-refractivity contribution < 1.29 is 4.79 Å². The average Bonchev–Trinajstić information content (AvgIpc) is 2.90. The zero-order valence-electron chi connectivity index (χ0n) is 11.6. The maximum Gasteiger partial charge on any atom is 0.238 e. The van der Waals surface area contributed by atoms with Crippen LogP contribution in [-0.4, -0.2) is 11.2 Å². The van der Waals surface area contributed by atoms with Crippen molar-refractivity contribution in [3.05, 3.63) is 59.2 Å². The molecule has 2 aromatic rings. The van der Waals surface area contributed by atoms with Crippen LogP contribution in [0, 0.1) is 18.3 Å². The second-order valence-corrected chi connectivity index (χ2v) is 6.35. The molecule has 0 saturated heterocycles. The number of thioether (sulfide) groups is 1. The van der Waals surface area contributed by atoms with Gasteiger partial charge in [0.1, 0.15) is 0 Å². The number of aryl methyl sites for hydroxylation is 1. The zero-order valence-corrected chi connectivity index (χ0v) is 12.4. The smallest absolute Gasteiger partial charge is 0.238 e. The Morgan fingerprint density at radius 3 is 3.00 bits per heavy atom. The first kappa shape index (κ1) is 13.7. The van der Waals surface area contributed by atoms with Gasteiger partial charge in [0, 0.05) is 10.6 Å². The molecule has 1 atom stereocenters. The van der Waals surface area contributed by atoms with E-state index in [2.05, 4.69) is 36.5 Å². The van der Waals surface area contributed by atoms with Gasteiger partial charge in [0.15, 0.2) is 0 Å². The Kier molecular flexibility index (Phi) is 3.68. The summed E-state index contributed by atoms with van der Waals surface area (Å²) in [5.74, 6) is -0.0102. The molecule has 21 heavy (non-hydrogen) atoms. The minimum atomic E-state index is -0.104. The number of carbonyl (C=O) groups excluding carboxylic acids is 1. The summed E-state index contributed by atoms with van der Waals surface area (Å²) in [4.78, 5) is 13.5. The fourth-order valence-corrected chi connectivity index (χ4v) is 3.66. The maximum absolute atomic E-state index is 12.4. The van der Waals surface area contributed by atoms with E-state index < -0.39 is 0 Å². The molecule has 3 rings (SSSR count). The molecule has 0 aromatic heterocycles. The largest absolute Gasteiger partial charge is 0.325 e. The standard InChI is InChI=1S/C17H14N2OS/c1-11-5-6-13-9-16(21-15(13)7-11)17(20)19-14-4-2-3-12(8-14)10-18/h2-8,16H,9H2,1H3,(H,19,20)/t16-/m0/s1. The molecular weight excluding hydrogens is 280 g/mol. The molecule has 0 aliphatic carbocycles. The van der Waals surface area contributed by atoms with Crippen LogP contribution >= 0.6 is 11.8 Å². The van der Waals surface area contributed by atoms with Gasteiger partial charge in [0.25, 0.3) is 0 Å². The number of nitrogens with one attached hydrogen (secondary N) is 1. The highest BCUT2D eigenvalue weighted by atomic mass is 32.2. The predicted octanol–water partition coefficient (Wildman–Crippen LogP) is 3.52. The summed E-state index contributed by atoms with van der Waals surface area (Å²) < 4.78 is 0. The second kappa shape index (κ2) is 5.63. The van der Waals surface area contributed by atoms with Crippen LogP contribution in [0.25, 0.3) is 0 Å². The van der Waals surface area contributed by atoms with E-state index >= 15 is 0 Å². The summed E-state index contributed by atoms with van der Waals surface area (Å²) in [6, 6.07) is 15.4. The van der Waals surface area contributed by atoms with Crippen molar-refractivity contribution in [1.82, 2.24) is 0 Å². The first-order chi connectivity index (χ1) is 10.2. The lowest BCUT2D eigenvalue weighted by Gasteiger charge is -2.10. The lowest BCUT2D eigenvalue weighted by molar-refractivity contribution is -0.115. The molecule has 4 heteroatoms. The van der Waals surface area contributed by atoms with Gasteiger partial charge in [-0.05, 0) is 43.2 Å². The highest BCUT2D eigenvalue weighted by Gasteiger charge is 2.28. The summed E-state index contributed by atoms with van der Waals surface area (Å²) in [6.45, 7) is 2.06. The highest BCUT2D eigenvalue weighted by molar-refractivity contribution is 8.01. The van der Waals surface area contributed by atoms with Crippen LogP contribution in [0.15, 0.2) is 47.4 Å². The molecular formula is C17H14N2OS. The number of hydrogen-bond donors (Lipinski definition) is 1. The van der Waals surface area contributed by atoms with Gasteiger partial charge >= 0.3 is 0 Å². The van der Waals surface area contributed by atoms with E-state index in [-0.39, 0.29) is 11.2 Å². The van der Waals surface area contributed by atoms with E-state index in [1.807, 2.05) is 0 Å². The quantitative estimate of drug-likeness (QED) is 0.922. The van der Waals surface area contributed by atoms with Crippen molar-refractivity contribution in [3.63, 3.8) is 0 Å². The molecule has 2 aromatic carbocycles. The van der Waals surface area contributed by atoms with E-state index in [1.165, 1.54) is 16.0 Å². The van der Waals surface area contributed by atoms with Crippen molar-refractivity contribution in [1.29, 1.82) is 5.26 Å². The second-order valence-electron chi connectivity index (χ2n) is 5.10. The topological polar surface area (TPSA) is 52.9 Å². The Hall–Kier alpha value is -2.25. The maximum atomic E-state index is 12.4. The molecule has 0 saturated carbocycles. The fraction of sp³-hybridized carbons (Fsp3) is 0.176. The molecule has 1 heterocycles. The summed E-state index contributed by atoms with van der Waals surface area (Å²) in [5, 5.41) is 11.7. The van der Waals surface area contributed by atoms with Crippen LogP contribution < -0.4 is 5.32 Å². The molecule has 0 bridgehead atoms. The summed E-state index contributed by atoms with van der Waals surface area (Å²) >= 11 is 1.61. The number of amides is 1. The van der Waals surface area contributed by atoms with E-state index in [9.17, 15) is 4.79 Å². The molecule has 0 spiro atoms. The number of benzene rings is 2. The van der Waals surface area contributed by atoms with Crippen molar-refractivity contribution in [2.45, 2.75) is 23.5 Å². The molecule has 0 fully saturated rings. The SMILES string of the molecule is Cc1ccc2c(c1)S[C@H](C(=O)Nc1cccc(C#N)c1)C2. The molecule has 0 radical (unpaired) electrons. The van der Waals surface area contributed by atoms with Crippen LogP contribution in [-0.2, 0) is 11.2 Å². The van der Waals surface area contributed by atoms with E-state index in [4.69, 9.17) is 5.26 Å². The Balaban J connectivity index is 1.72. The van der Waals surface area contributed by atoms with Crippen LogP contribution in [0.2, 0.25) is 0 Å². The summed E-state index contributed by atoms with van der Waals surface area (Å²) in [6.07, 6.45) is 0.754. The van der Waals surface area contributed by atoms with E-state index in [1.54, 1.807) is 36.0 Å². The minimum absolute atomic E-state index is 0.0102. The molecule has 3 nitrogen and oxygen atoms in total. The fourth-order valence-electron chi connectivity index (χ4n) is 2.37. The van der Waals surface area contributed by atoms with Gasteiger partial charge in [-0.3, -0.25) is 4.79 Å². The van der Waals surface area contributed by atoms with Crippen LogP contribution in [0.5, 0.6) is 0 Å². The van der Waals surface area contributed by atoms with Gasteiger partial charge in [-0.2, -0.15) is 5.26 Å². The third-order valence-corrected chi connectivity index (χ3v) is 4.75. The van der Waals surface area contributed by atoms with Crippen LogP contribution in [0.4, 0.5) is 5.69 Å². The zero-order chi connectivity index (χ0) is 14.8. The average molecular weight is 294 g/mol. The Labute approximate surface area is 128 Å². The van der Waals surface area contributed by atoms with Crippen molar-refractivity contribution >= 4 is 23.4 Å². The Morgan fingerprint density at radius 1 is 1.33 bits per heavy atom. The number of carbonyl (C=O) groups is 1. The first-order valence-corrected chi connectivity index (χ1v) is 7.61. The monoisotopic (exact) mass is 294 g/mol. The van der Waals surface area contributed by atoms with Crippen molar-refractivity contribution in [2.75, 3.05) is 5.32 Å². The third-order valence-electron chi connectivity index (χ3n) is 3.45. The van der Waals surface area contributed by atoms with Gasteiger partial charge in [0.05, 0.1) is 16.9 Å². The van der Waals surface area contributed by atoms with E-state index in [0.29, 0.717) is 11.3 Å². The number of nitriles is 1. The van der Waals surface area contributed by atoms with Crippen molar-refractivity contribution in [2.24, 2.45) is 0 Å². The molecule has 1 amide bonds. The van der Waals surface area contributed by atoms with E-state index in [0.717, 1.165) is 6.42 Å². The minimum Gasteiger partial charge on any atom is -0.325 e. The first-order valence-electron chi connectivity index (χ1n) is 6.73. The third kappa shape index (κ3) is 2.93. The lowest BCUT2D eigenvalue weighted by Crippen LogP contribution is -2.24. The van der Waals surface area contributed by atoms with Crippen molar-refractivity contribution in [3.8, 4) is 6.07 Å². The summed E-state index contributed by atoms with van der Waals surface area (Å²) in [7, 11) is 0. The normalized spacial score (nSPS) is 16.1. The van der Waals surface area contributed by atoms with Gasteiger partial charge in [0.2, 0.25) is 5.91 Å². The van der Waals surface area contributed by atoms with Crippen LogP contribution in [0.1, 0.15) is 16.7 Å². The molecule has 1 aliphatic heterocycles. The predicted molar refractivity (Wildman–Crippen MR) is 84.3 cm³/mol. The van der Waals surface area contributed by atoms with Gasteiger partial charge < -0.3 is 5.32 Å². The summed E-state index contributed by atoms with van der Waals surface area (Å²) in [5.41, 5.74) is 3.66. The number of rotatable bonds is 2. The Bertz CT molecular complexity index is 749. The number of fused-ring (bicyclic) bond motifs is 1. The molecule has 1 N–H and O–H groups in total.